The highest BCUT2D eigenvalue weighted by Crippen LogP contribution is 2.50. The van der Waals surface area contributed by atoms with Gasteiger partial charge in [-0.25, -0.2) is 4.90 Å². The number of benzene rings is 2. The van der Waals surface area contributed by atoms with Crippen molar-refractivity contribution in [1.82, 2.24) is 4.90 Å². The molecule has 3 fully saturated rings. The van der Waals surface area contributed by atoms with Crippen LogP contribution in [0.3, 0.4) is 0 Å². The fraction of sp³-hybridized carbons (Fsp3) is 0.375. The van der Waals surface area contributed by atoms with Crippen molar-refractivity contribution in [3.05, 3.63) is 65.2 Å². The number of rotatable bonds is 3. The van der Waals surface area contributed by atoms with Crippen LogP contribution in [0.15, 0.2) is 48.5 Å². The largest absolute Gasteiger partial charge is 0.418 e. The number of para-hydroxylation sites is 1. The molecule has 4 unspecified atom stereocenters. The highest BCUT2D eigenvalue weighted by molar-refractivity contribution is 6.25. The van der Waals surface area contributed by atoms with E-state index in [2.05, 4.69) is 0 Å². The molecule has 3 aliphatic rings. The third-order valence-electron chi connectivity index (χ3n) is 6.91. The molecular weight excluding hydrogens is 421 g/mol. The summed E-state index contributed by atoms with van der Waals surface area (Å²) in [7, 11) is 0. The number of alkyl halides is 3. The third kappa shape index (κ3) is 3.00. The van der Waals surface area contributed by atoms with E-state index >= 15 is 0 Å². The Kier molecular flexibility index (Phi) is 4.74. The lowest BCUT2D eigenvalue weighted by molar-refractivity contribution is -0.137. The van der Waals surface area contributed by atoms with Gasteiger partial charge in [-0.05, 0) is 38.4 Å². The number of hydrogen-bond acceptors (Lipinski definition) is 4. The van der Waals surface area contributed by atoms with Crippen LogP contribution in [0.2, 0.25) is 0 Å². The number of nitrogens with zero attached hydrogens (tertiary/aromatic N) is 2. The number of Topliss-reactive ketones (excluding diaryl/α,β-unsaturated/α-hetero) is 1. The molecule has 0 N–H and O–H groups in total. The van der Waals surface area contributed by atoms with Gasteiger partial charge in [0.2, 0.25) is 11.8 Å². The molecule has 2 amide bonds. The normalized spacial score (nSPS) is 27.7. The van der Waals surface area contributed by atoms with Crippen LogP contribution in [0.4, 0.5) is 18.9 Å². The Morgan fingerprint density at radius 1 is 0.969 bits per heavy atom. The van der Waals surface area contributed by atoms with Gasteiger partial charge >= 0.3 is 6.18 Å². The molecule has 32 heavy (non-hydrogen) atoms. The molecule has 0 aromatic heterocycles. The second kappa shape index (κ2) is 7.27. The molecule has 0 saturated carbocycles. The molecule has 3 aliphatic heterocycles. The van der Waals surface area contributed by atoms with E-state index in [9.17, 15) is 27.6 Å². The van der Waals surface area contributed by atoms with Crippen molar-refractivity contribution < 1.29 is 27.6 Å². The quantitative estimate of drug-likeness (QED) is 0.535. The van der Waals surface area contributed by atoms with Crippen molar-refractivity contribution in [3.63, 3.8) is 0 Å². The number of anilines is 1. The summed E-state index contributed by atoms with van der Waals surface area (Å²) in [5.74, 6) is -3.44. The summed E-state index contributed by atoms with van der Waals surface area (Å²) in [6.07, 6.45) is -3.32. The molecule has 5 rings (SSSR count). The lowest BCUT2D eigenvalue weighted by Crippen LogP contribution is -2.46. The van der Waals surface area contributed by atoms with Gasteiger partial charge < -0.3 is 0 Å². The maximum absolute atomic E-state index is 13.6. The second-order valence-electron chi connectivity index (χ2n) is 8.70. The van der Waals surface area contributed by atoms with Gasteiger partial charge in [-0.3, -0.25) is 19.3 Å². The number of fused-ring (bicyclic) bond motifs is 3. The Morgan fingerprint density at radius 3 is 2.31 bits per heavy atom. The van der Waals surface area contributed by atoms with Crippen LogP contribution in [0.25, 0.3) is 0 Å². The van der Waals surface area contributed by atoms with Gasteiger partial charge in [0.1, 0.15) is 0 Å². The van der Waals surface area contributed by atoms with Gasteiger partial charge in [0.15, 0.2) is 5.78 Å². The third-order valence-corrected chi connectivity index (χ3v) is 6.91. The minimum Gasteiger partial charge on any atom is -0.292 e. The zero-order chi connectivity index (χ0) is 22.8. The lowest BCUT2D eigenvalue weighted by Gasteiger charge is -2.28. The Labute approximate surface area is 182 Å². The van der Waals surface area contributed by atoms with E-state index in [0.717, 1.165) is 24.1 Å². The van der Waals surface area contributed by atoms with Gasteiger partial charge in [-0.1, -0.05) is 42.0 Å². The van der Waals surface area contributed by atoms with Crippen molar-refractivity contribution in [2.75, 3.05) is 11.4 Å². The highest BCUT2D eigenvalue weighted by atomic mass is 19.4. The molecule has 0 radical (unpaired) electrons. The first-order chi connectivity index (χ1) is 15.2. The topological polar surface area (TPSA) is 57.7 Å². The summed E-state index contributed by atoms with van der Waals surface area (Å²) in [5, 5.41) is 0. The van der Waals surface area contributed by atoms with Crippen LogP contribution in [0, 0.1) is 18.8 Å². The minimum absolute atomic E-state index is 0.267. The van der Waals surface area contributed by atoms with E-state index in [0.29, 0.717) is 23.4 Å². The maximum Gasteiger partial charge on any atom is 0.418 e. The van der Waals surface area contributed by atoms with Crippen molar-refractivity contribution in [1.29, 1.82) is 0 Å². The molecular formula is C24H21F3N2O3. The Hall–Kier alpha value is -3.00. The Balaban J connectivity index is 1.57. The number of carbonyl (C=O) groups is 3. The second-order valence-corrected chi connectivity index (χ2v) is 8.70. The zero-order valence-electron chi connectivity index (χ0n) is 17.3. The van der Waals surface area contributed by atoms with E-state index in [-0.39, 0.29) is 11.8 Å². The molecule has 8 heteroatoms. The molecule has 2 aromatic rings. The average molecular weight is 442 g/mol. The van der Waals surface area contributed by atoms with Gasteiger partial charge in [-0.2, -0.15) is 13.2 Å². The SMILES string of the molecule is Cc1ccc(C(=O)C2C3C(=O)N(c4ccccc4C(F)(F)F)C(=O)C3C3CCCN32)cc1. The molecule has 0 bridgehead atoms. The average Bonchev–Trinajstić information content (AvgIpc) is 3.39. The van der Waals surface area contributed by atoms with Crippen LogP contribution in [-0.2, 0) is 15.8 Å². The van der Waals surface area contributed by atoms with Crippen LogP contribution in [-0.4, -0.2) is 41.1 Å². The Bertz CT molecular complexity index is 1110. The summed E-state index contributed by atoms with van der Waals surface area (Å²) in [5.41, 5.74) is -0.0879. The predicted octanol–water partition coefficient (Wildman–Crippen LogP) is 3.85. The van der Waals surface area contributed by atoms with Crippen LogP contribution in [0.5, 0.6) is 0 Å². The van der Waals surface area contributed by atoms with Crippen molar-refractivity contribution >= 4 is 23.3 Å². The fourth-order valence-corrected chi connectivity index (χ4v) is 5.55. The van der Waals surface area contributed by atoms with Gasteiger partial charge in [0.05, 0.1) is 29.1 Å². The van der Waals surface area contributed by atoms with Crippen molar-refractivity contribution in [2.45, 2.75) is 38.0 Å². The summed E-state index contributed by atoms with van der Waals surface area (Å²) < 4.78 is 40.8. The van der Waals surface area contributed by atoms with Crippen LogP contribution >= 0.6 is 0 Å². The van der Waals surface area contributed by atoms with E-state index in [1.165, 1.54) is 12.1 Å². The van der Waals surface area contributed by atoms with Crippen LogP contribution in [0.1, 0.15) is 34.3 Å². The standard InChI is InChI=1S/C24H21F3N2O3/c1-13-8-10-14(11-9-13)21(30)20-19-18(17-7-4-12-28(17)20)22(31)29(23(19)32)16-6-3-2-5-15(16)24(25,26)27/h2-3,5-6,8-11,17-20H,4,7,12H2,1H3. The smallest absolute Gasteiger partial charge is 0.292 e. The van der Waals surface area contributed by atoms with E-state index in [1.807, 2.05) is 11.8 Å². The molecule has 5 nitrogen and oxygen atoms in total. The number of aryl methyl sites for hydroxylation is 1. The summed E-state index contributed by atoms with van der Waals surface area (Å²) in [6.45, 7) is 2.48. The summed E-state index contributed by atoms with van der Waals surface area (Å²) >= 11 is 0. The van der Waals surface area contributed by atoms with Gasteiger partial charge in [-0.15, -0.1) is 0 Å². The number of hydrogen-bond donors (Lipinski definition) is 0. The van der Waals surface area contributed by atoms with E-state index in [1.54, 1.807) is 24.3 Å². The highest BCUT2D eigenvalue weighted by Gasteiger charge is 2.65. The Morgan fingerprint density at radius 2 is 1.62 bits per heavy atom. The molecule has 2 aromatic carbocycles. The van der Waals surface area contributed by atoms with Crippen LogP contribution < -0.4 is 4.90 Å². The monoisotopic (exact) mass is 442 g/mol. The van der Waals surface area contributed by atoms with Gasteiger partial charge in [0.25, 0.3) is 0 Å². The molecule has 0 aliphatic carbocycles. The summed E-state index contributed by atoms with van der Waals surface area (Å²) in [4.78, 5) is 42.9. The number of halogens is 3. The molecule has 3 saturated heterocycles. The van der Waals surface area contributed by atoms with E-state index < -0.39 is 47.1 Å². The first-order valence-electron chi connectivity index (χ1n) is 10.6. The first-order valence-corrected chi connectivity index (χ1v) is 10.6. The van der Waals surface area contributed by atoms with Gasteiger partial charge in [0, 0.05) is 11.6 Å². The molecule has 166 valence electrons. The number of amides is 2. The zero-order valence-corrected chi connectivity index (χ0v) is 17.3. The fourth-order valence-electron chi connectivity index (χ4n) is 5.55. The number of ketones is 1. The minimum atomic E-state index is -4.72. The first kappa shape index (κ1) is 20.9. The number of carbonyl (C=O) groups excluding carboxylic acids is 3. The molecule has 4 atom stereocenters. The lowest BCUT2D eigenvalue weighted by atomic mass is 9.85. The van der Waals surface area contributed by atoms with Crippen molar-refractivity contribution in [2.24, 2.45) is 11.8 Å². The predicted molar refractivity (Wildman–Crippen MR) is 110 cm³/mol. The van der Waals surface area contributed by atoms with Crippen molar-refractivity contribution in [3.8, 4) is 0 Å². The summed E-state index contributed by atoms with van der Waals surface area (Å²) in [6, 6.07) is 10.4. The maximum atomic E-state index is 13.6. The molecule has 0 spiro atoms. The molecule has 3 heterocycles. The number of imide groups is 1. The van der Waals surface area contributed by atoms with E-state index in [4.69, 9.17) is 0 Å².